The molecule has 14 heavy (non-hydrogen) atoms. The highest BCUT2D eigenvalue weighted by Crippen LogP contribution is 1.93. The molecule has 0 aliphatic carbocycles. The van der Waals surface area contributed by atoms with Crippen molar-refractivity contribution in [3.63, 3.8) is 0 Å². The Hall–Kier alpha value is -0.910. The second kappa shape index (κ2) is 5.09. The van der Waals surface area contributed by atoms with Gasteiger partial charge in [0.25, 0.3) is 0 Å². The number of carbonyl (C=O) groups is 2. The molecule has 0 fully saturated rings. The molecule has 0 saturated carbocycles. The van der Waals surface area contributed by atoms with Gasteiger partial charge in [-0.25, -0.2) is 8.42 Å². The lowest BCUT2D eigenvalue weighted by Gasteiger charge is -2.15. The molecule has 0 aromatic carbocycles. The first-order valence-electron chi connectivity index (χ1n) is 4.13. The maximum atomic E-state index is 11.2. The number of ketones is 1. The first-order valence-corrected chi connectivity index (χ1v) is 6.19. The van der Waals surface area contributed by atoms with Gasteiger partial charge in [0.15, 0.2) is 0 Å². The number of amides is 1. The molecular weight excluding hydrogens is 206 g/mol. The topological polar surface area (TPSA) is 71.5 Å². The fraction of sp³-hybridized carbons (Fsp3) is 0.750. The highest BCUT2D eigenvalue weighted by molar-refractivity contribution is 7.90. The molecule has 5 nitrogen and oxygen atoms in total. The van der Waals surface area contributed by atoms with Crippen LogP contribution in [0.25, 0.3) is 0 Å². The van der Waals surface area contributed by atoms with Gasteiger partial charge in [0.1, 0.15) is 15.6 Å². The third-order valence-corrected chi connectivity index (χ3v) is 2.55. The van der Waals surface area contributed by atoms with Crippen LogP contribution in [0.1, 0.15) is 13.3 Å². The van der Waals surface area contributed by atoms with E-state index in [1.54, 1.807) is 0 Å². The summed E-state index contributed by atoms with van der Waals surface area (Å²) in [4.78, 5) is 23.0. The molecule has 0 bridgehead atoms. The van der Waals surface area contributed by atoms with Crippen LogP contribution in [-0.2, 0) is 19.4 Å². The van der Waals surface area contributed by atoms with E-state index in [4.69, 9.17) is 0 Å². The van der Waals surface area contributed by atoms with Crippen molar-refractivity contribution >= 4 is 21.5 Å². The predicted molar refractivity (Wildman–Crippen MR) is 52.6 cm³/mol. The van der Waals surface area contributed by atoms with Gasteiger partial charge in [0.2, 0.25) is 5.91 Å². The Balaban J connectivity index is 4.03. The highest BCUT2D eigenvalue weighted by atomic mass is 32.2. The standard InChI is InChI=1S/C8H15NO4S/c1-7(10)6-8(11)9(2)4-5-14(3,12)13/h4-6H2,1-3H3. The Morgan fingerprint density at radius 1 is 1.29 bits per heavy atom. The SMILES string of the molecule is CC(=O)CC(=O)N(C)CCS(C)(=O)=O. The van der Waals surface area contributed by atoms with Crippen LogP contribution in [0.2, 0.25) is 0 Å². The molecule has 0 rings (SSSR count). The normalized spacial score (nSPS) is 11.1. The van der Waals surface area contributed by atoms with Crippen molar-refractivity contribution < 1.29 is 18.0 Å². The van der Waals surface area contributed by atoms with Crippen LogP contribution in [0, 0.1) is 0 Å². The van der Waals surface area contributed by atoms with E-state index in [1.807, 2.05) is 0 Å². The van der Waals surface area contributed by atoms with Gasteiger partial charge in [-0.15, -0.1) is 0 Å². The number of Topliss-reactive ketones (excluding diaryl/α,β-unsaturated/α-hetero) is 1. The van der Waals surface area contributed by atoms with Crippen LogP contribution in [0.3, 0.4) is 0 Å². The van der Waals surface area contributed by atoms with E-state index < -0.39 is 9.84 Å². The molecule has 6 heteroatoms. The summed E-state index contributed by atoms with van der Waals surface area (Å²) in [6.45, 7) is 1.45. The van der Waals surface area contributed by atoms with Crippen LogP contribution >= 0.6 is 0 Å². The summed E-state index contributed by atoms with van der Waals surface area (Å²) >= 11 is 0. The summed E-state index contributed by atoms with van der Waals surface area (Å²) in [7, 11) is -1.58. The van der Waals surface area contributed by atoms with Crippen molar-refractivity contribution in [1.29, 1.82) is 0 Å². The van der Waals surface area contributed by atoms with Gasteiger partial charge in [0.05, 0.1) is 12.2 Å². The fourth-order valence-corrected chi connectivity index (χ4v) is 1.38. The number of carbonyl (C=O) groups excluding carboxylic acids is 2. The van der Waals surface area contributed by atoms with Crippen molar-refractivity contribution in [2.45, 2.75) is 13.3 Å². The van der Waals surface area contributed by atoms with Crippen LogP contribution in [-0.4, -0.2) is 50.6 Å². The molecule has 1 amide bonds. The second-order valence-corrected chi connectivity index (χ2v) is 5.58. The van der Waals surface area contributed by atoms with E-state index in [0.29, 0.717) is 0 Å². The molecule has 0 aliphatic rings. The zero-order chi connectivity index (χ0) is 11.4. The minimum atomic E-state index is -3.06. The lowest BCUT2D eigenvalue weighted by molar-refractivity contribution is -0.133. The van der Waals surface area contributed by atoms with Crippen LogP contribution in [0.5, 0.6) is 0 Å². The molecular formula is C8H15NO4S. The maximum absolute atomic E-state index is 11.2. The van der Waals surface area contributed by atoms with Crippen molar-refractivity contribution in [2.75, 3.05) is 25.6 Å². The van der Waals surface area contributed by atoms with E-state index in [9.17, 15) is 18.0 Å². The predicted octanol–water partition coefficient (Wildman–Crippen LogP) is -0.531. The largest absolute Gasteiger partial charge is 0.344 e. The summed E-state index contributed by atoms with van der Waals surface area (Å²) in [6, 6.07) is 0. The summed E-state index contributed by atoms with van der Waals surface area (Å²) in [5, 5.41) is 0. The third kappa shape index (κ3) is 6.59. The molecule has 0 N–H and O–H groups in total. The summed E-state index contributed by atoms with van der Waals surface area (Å²) < 4.78 is 21.6. The molecule has 0 aliphatic heterocycles. The Kier molecular flexibility index (Phi) is 4.76. The zero-order valence-corrected chi connectivity index (χ0v) is 9.43. The molecule has 0 saturated heterocycles. The molecule has 0 unspecified atom stereocenters. The van der Waals surface area contributed by atoms with E-state index in [2.05, 4.69) is 0 Å². The number of hydrogen-bond donors (Lipinski definition) is 0. The third-order valence-electron chi connectivity index (χ3n) is 1.62. The summed E-state index contributed by atoms with van der Waals surface area (Å²) in [5.74, 6) is -0.644. The van der Waals surface area contributed by atoms with E-state index in [1.165, 1.54) is 18.9 Å². The Morgan fingerprint density at radius 2 is 1.79 bits per heavy atom. The Morgan fingerprint density at radius 3 is 2.14 bits per heavy atom. The summed E-state index contributed by atoms with van der Waals surface area (Å²) in [6.07, 6.45) is 0.941. The minimum absolute atomic E-state index is 0.0762. The van der Waals surface area contributed by atoms with Gasteiger partial charge in [-0.1, -0.05) is 0 Å². The smallest absolute Gasteiger partial charge is 0.229 e. The zero-order valence-electron chi connectivity index (χ0n) is 8.61. The number of hydrogen-bond acceptors (Lipinski definition) is 4. The number of sulfone groups is 1. The van der Waals surface area contributed by atoms with Gasteiger partial charge in [-0.3, -0.25) is 9.59 Å². The van der Waals surface area contributed by atoms with Crippen LogP contribution in [0.4, 0.5) is 0 Å². The van der Waals surface area contributed by atoms with Crippen molar-refractivity contribution in [3.8, 4) is 0 Å². The molecule has 0 atom stereocenters. The fourth-order valence-electron chi connectivity index (χ4n) is 0.775. The second-order valence-electron chi connectivity index (χ2n) is 3.32. The highest BCUT2D eigenvalue weighted by Gasteiger charge is 2.12. The van der Waals surface area contributed by atoms with Gasteiger partial charge in [0, 0.05) is 19.8 Å². The molecule has 0 heterocycles. The lowest BCUT2D eigenvalue weighted by Crippen LogP contribution is -2.32. The quantitative estimate of drug-likeness (QED) is 0.585. The summed E-state index contributed by atoms with van der Waals surface area (Å²) in [5.41, 5.74) is 0. The average molecular weight is 221 g/mol. The first-order chi connectivity index (χ1) is 6.22. The first kappa shape index (κ1) is 13.1. The molecule has 82 valence electrons. The Labute approximate surface area is 84.0 Å². The van der Waals surface area contributed by atoms with Gasteiger partial charge >= 0.3 is 0 Å². The van der Waals surface area contributed by atoms with Crippen LogP contribution < -0.4 is 0 Å². The lowest BCUT2D eigenvalue weighted by atomic mass is 10.3. The van der Waals surface area contributed by atoms with Gasteiger partial charge in [-0.2, -0.15) is 0 Å². The maximum Gasteiger partial charge on any atom is 0.229 e. The Bertz CT molecular complexity index is 320. The number of rotatable bonds is 5. The van der Waals surface area contributed by atoms with Gasteiger partial charge in [-0.05, 0) is 6.92 Å². The minimum Gasteiger partial charge on any atom is -0.344 e. The van der Waals surface area contributed by atoms with E-state index >= 15 is 0 Å². The molecule has 0 spiro atoms. The van der Waals surface area contributed by atoms with E-state index in [-0.39, 0.29) is 30.4 Å². The number of nitrogens with zero attached hydrogens (tertiary/aromatic N) is 1. The molecule has 0 aromatic rings. The van der Waals surface area contributed by atoms with Crippen molar-refractivity contribution in [2.24, 2.45) is 0 Å². The van der Waals surface area contributed by atoms with Crippen LogP contribution in [0.15, 0.2) is 0 Å². The molecule has 0 aromatic heterocycles. The van der Waals surface area contributed by atoms with Crippen molar-refractivity contribution in [3.05, 3.63) is 0 Å². The molecule has 0 radical (unpaired) electrons. The monoisotopic (exact) mass is 221 g/mol. The average Bonchev–Trinajstić information content (AvgIpc) is 1.97. The van der Waals surface area contributed by atoms with Crippen molar-refractivity contribution in [1.82, 2.24) is 4.90 Å². The van der Waals surface area contributed by atoms with E-state index in [0.717, 1.165) is 6.26 Å². The van der Waals surface area contributed by atoms with Gasteiger partial charge < -0.3 is 4.90 Å².